The van der Waals surface area contributed by atoms with Gasteiger partial charge in [-0.25, -0.2) is 0 Å². The Balaban J connectivity index is 0.00000169. The smallest absolute Gasteiger partial charge is 0.237 e. The van der Waals surface area contributed by atoms with E-state index in [1.54, 1.807) is 0 Å². The predicted octanol–water partition coefficient (Wildman–Crippen LogP) is 1.72. The zero-order valence-corrected chi connectivity index (χ0v) is 17.3. The highest BCUT2D eigenvalue weighted by Gasteiger charge is 2.41. The second-order valence-electron chi connectivity index (χ2n) is 6.64. The third kappa shape index (κ3) is 6.01. The zero-order valence-electron chi connectivity index (χ0n) is 14.9. The minimum atomic E-state index is -0.497. The molecule has 2 heterocycles. The van der Waals surface area contributed by atoms with Crippen molar-refractivity contribution in [3.8, 4) is 0 Å². The zero-order chi connectivity index (χ0) is 16.8. The molecule has 0 bridgehead atoms. The van der Waals surface area contributed by atoms with E-state index < -0.39 is 6.04 Å². The molecular weight excluding hydrogens is 393 g/mol. The van der Waals surface area contributed by atoms with Gasteiger partial charge in [-0.05, 0) is 24.2 Å². The van der Waals surface area contributed by atoms with Crippen LogP contribution in [0.4, 0.5) is 0 Å². The number of halogens is 2. The minimum Gasteiger partial charge on any atom is -0.379 e. The van der Waals surface area contributed by atoms with Gasteiger partial charge in [0.15, 0.2) is 0 Å². The van der Waals surface area contributed by atoms with Crippen molar-refractivity contribution in [1.29, 1.82) is 0 Å². The van der Waals surface area contributed by atoms with Crippen LogP contribution in [0.3, 0.4) is 0 Å². The molecule has 1 aromatic carbocycles. The van der Waals surface area contributed by atoms with Gasteiger partial charge in [-0.3, -0.25) is 9.69 Å². The molecule has 0 aliphatic carbocycles. The lowest BCUT2D eigenvalue weighted by Gasteiger charge is -2.43. The molecule has 2 saturated heterocycles. The number of carbonyl (C=O) groups is 1. The van der Waals surface area contributed by atoms with E-state index in [0.717, 1.165) is 49.8 Å². The molecule has 0 aromatic heterocycles. The molecule has 3 N–H and O–H groups in total. The van der Waals surface area contributed by atoms with Crippen molar-refractivity contribution < 1.29 is 9.53 Å². The van der Waals surface area contributed by atoms with Crippen molar-refractivity contribution in [2.24, 2.45) is 5.73 Å². The summed E-state index contributed by atoms with van der Waals surface area (Å²) in [6.07, 6.45) is 1.69. The van der Waals surface area contributed by atoms with E-state index in [4.69, 9.17) is 10.5 Å². The number of benzene rings is 1. The number of ether oxygens (including phenoxy) is 1. The molecule has 0 radical (unpaired) electrons. The molecule has 0 spiro atoms. The number of nitrogens with one attached hydrogen (secondary N) is 1. The maximum Gasteiger partial charge on any atom is 0.237 e. The Morgan fingerprint density at radius 1 is 1.27 bits per heavy atom. The third-order valence-corrected chi connectivity index (χ3v) is 6.23. The summed E-state index contributed by atoms with van der Waals surface area (Å²) in [4.78, 5) is 14.9. The summed E-state index contributed by atoms with van der Waals surface area (Å²) in [5, 5.41) is 3.12. The molecule has 2 atom stereocenters. The molecule has 2 aliphatic rings. The first-order chi connectivity index (χ1) is 11.7. The number of hydrogen-bond acceptors (Lipinski definition) is 5. The monoisotopic (exact) mass is 421 g/mol. The highest BCUT2D eigenvalue weighted by molar-refractivity contribution is 7.99. The van der Waals surface area contributed by atoms with Crippen LogP contribution < -0.4 is 11.1 Å². The largest absolute Gasteiger partial charge is 0.379 e. The maximum atomic E-state index is 12.4. The SMILES string of the molecule is Cl.Cl.NC(Cc1ccccc1)C(=O)NCC1(N2CCOCC2)CCSC1. The van der Waals surface area contributed by atoms with E-state index in [-0.39, 0.29) is 36.3 Å². The summed E-state index contributed by atoms with van der Waals surface area (Å²) < 4.78 is 5.48. The van der Waals surface area contributed by atoms with Gasteiger partial charge in [-0.2, -0.15) is 11.8 Å². The fourth-order valence-electron chi connectivity index (χ4n) is 3.48. The average Bonchev–Trinajstić information content (AvgIpc) is 3.11. The molecule has 1 aromatic rings. The van der Waals surface area contributed by atoms with Crippen LogP contribution >= 0.6 is 36.6 Å². The van der Waals surface area contributed by atoms with Crippen molar-refractivity contribution in [1.82, 2.24) is 10.2 Å². The number of nitrogens with two attached hydrogens (primary N) is 1. The fourth-order valence-corrected chi connectivity index (χ4v) is 4.96. The van der Waals surface area contributed by atoms with E-state index in [2.05, 4.69) is 10.2 Å². The Hall–Kier alpha value is -0.500. The number of carbonyl (C=O) groups excluding carboxylic acids is 1. The normalized spacial score (nSPS) is 24.2. The first kappa shape index (κ1) is 23.5. The lowest BCUT2D eigenvalue weighted by molar-refractivity contribution is -0.123. The quantitative estimate of drug-likeness (QED) is 0.731. The lowest BCUT2D eigenvalue weighted by atomic mass is 9.95. The van der Waals surface area contributed by atoms with Gasteiger partial charge in [-0.1, -0.05) is 30.3 Å². The molecule has 0 saturated carbocycles. The number of thioether (sulfide) groups is 1. The van der Waals surface area contributed by atoms with Gasteiger partial charge in [-0.15, -0.1) is 24.8 Å². The fraction of sp³-hybridized carbons (Fsp3) is 0.611. The van der Waals surface area contributed by atoms with E-state index in [1.807, 2.05) is 42.1 Å². The summed E-state index contributed by atoms with van der Waals surface area (Å²) >= 11 is 1.97. The number of rotatable bonds is 6. The Morgan fingerprint density at radius 3 is 2.58 bits per heavy atom. The molecule has 3 rings (SSSR count). The van der Waals surface area contributed by atoms with Gasteiger partial charge in [0, 0.05) is 30.9 Å². The Morgan fingerprint density at radius 2 is 1.96 bits per heavy atom. The summed E-state index contributed by atoms with van der Waals surface area (Å²) in [6.45, 7) is 4.15. The van der Waals surface area contributed by atoms with Crippen LogP contribution in [-0.4, -0.2) is 66.7 Å². The molecular formula is C18H29Cl2N3O2S. The van der Waals surface area contributed by atoms with Crippen molar-refractivity contribution >= 4 is 42.5 Å². The molecule has 148 valence electrons. The summed E-state index contributed by atoms with van der Waals surface area (Å²) in [5.41, 5.74) is 7.27. The van der Waals surface area contributed by atoms with Crippen molar-refractivity contribution in [3.63, 3.8) is 0 Å². The molecule has 26 heavy (non-hydrogen) atoms. The summed E-state index contributed by atoms with van der Waals surface area (Å²) in [7, 11) is 0. The van der Waals surface area contributed by atoms with Crippen LogP contribution in [0.15, 0.2) is 30.3 Å². The van der Waals surface area contributed by atoms with E-state index >= 15 is 0 Å². The van der Waals surface area contributed by atoms with Crippen LogP contribution in [0.5, 0.6) is 0 Å². The topological polar surface area (TPSA) is 67.6 Å². The van der Waals surface area contributed by atoms with Crippen molar-refractivity contribution in [3.05, 3.63) is 35.9 Å². The standard InChI is InChI=1S/C18H27N3O2S.2ClH/c19-16(12-15-4-2-1-3-5-15)17(22)20-13-18(6-11-24-14-18)21-7-9-23-10-8-21;;/h1-5,16H,6-14,19H2,(H,20,22);2*1H. The van der Waals surface area contributed by atoms with Gasteiger partial charge < -0.3 is 15.8 Å². The van der Waals surface area contributed by atoms with E-state index in [9.17, 15) is 4.79 Å². The van der Waals surface area contributed by atoms with Crippen LogP contribution in [-0.2, 0) is 16.0 Å². The third-order valence-electron chi connectivity index (χ3n) is 4.99. The second kappa shape index (κ2) is 11.4. The molecule has 2 aliphatic heterocycles. The predicted molar refractivity (Wildman–Crippen MR) is 113 cm³/mol. The molecule has 8 heteroatoms. The van der Waals surface area contributed by atoms with Gasteiger partial charge >= 0.3 is 0 Å². The highest BCUT2D eigenvalue weighted by Crippen LogP contribution is 2.33. The molecule has 2 unspecified atom stereocenters. The average molecular weight is 422 g/mol. The van der Waals surface area contributed by atoms with Crippen LogP contribution in [0.25, 0.3) is 0 Å². The molecule has 2 fully saturated rings. The summed E-state index contributed by atoms with van der Waals surface area (Å²) in [5.74, 6) is 2.17. The number of amides is 1. The van der Waals surface area contributed by atoms with Gasteiger partial charge in [0.1, 0.15) is 0 Å². The number of hydrogen-bond donors (Lipinski definition) is 2. The first-order valence-corrected chi connectivity index (χ1v) is 9.83. The van der Waals surface area contributed by atoms with Gasteiger partial charge in [0.2, 0.25) is 5.91 Å². The van der Waals surface area contributed by atoms with Crippen LogP contribution in [0.2, 0.25) is 0 Å². The van der Waals surface area contributed by atoms with Crippen molar-refractivity contribution in [2.45, 2.75) is 24.4 Å². The number of nitrogens with zero attached hydrogens (tertiary/aromatic N) is 1. The van der Waals surface area contributed by atoms with E-state index in [1.165, 1.54) is 0 Å². The lowest BCUT2D eigenvalue weighted by Crippen LogP contribution is -2.60. The number of morpholine rings is 1. The molecule has 5 nitrogen and oxygen atoms in total. The summed E-state index contributed by atoms with van der Waals surface area (Å²) in [6, 6.07) is 9.44. The Bertz CT molecular complexity index is 538. The van der Waals surface area contributed by atoms with Crippen LogP contribution in [0, 0.1) is 0 Å². The van der Waals surface area contributed by atoms with Gasteiger partial charge in [0.05, 0.1) is 19.3 Å². The van der Waals surface area contributed by atoms with Crippen molar-refractivity contribution in [2.75, 3.05) is 44.4 Å². The highest BCUT2D eigenvalue weighted by atomic mass is 35.5. The second-order valence-corrected chi connectivity index (χ2v) is 7.75. The molecule has 1 amide bonds. The minimum absolute atomic E-state index is 0. The Kier molecular flexibility index (Phi) is 10.3. The first-order valence-electron chi connectivity index (χ1n) is 8.67. The van der Waals surface area contributed by atoms with Gasteiger partial charge in [0.25, 0.3) is 0 Å². The van der Waals surface area contributed by atoms with Crippen LogP contribution in [0.1, 0.15) is 12.0 Å². The van der Waals surface area contributed by atoms with E-state index in [0.29, 0.717) is 13.0 Å². The maximum absolute atomic E-state index is 12.4. The Labute approximate surface area is 172 Å².